The van der Waals surface area contributed by atoms with Gasteiger partial charge in [-0.15, -0.1) is 0 Å². The highest BCUT2D eigenvalue weighted by atomic mass is 79.9. The van der Waals surface area contributed by atoms with Crippen LogP contribution in [0.2, 0.25) is 0 Å². The maximum atomic E-state index is 12.7. The molecule has 0 aliphatic carbocycles. The number of nitrogens with one attached hydrogen (secondary N) is 1. The Labute approximate surface area is 182 Å². The smallest absolute Gasteiger partial charge is 0.359 e. The quantitative estimate of drug-likeness (QED) is 0.320. The number of fused-ring (bicyclic) bond motifs is 1. The number of esters is 1. The highest BCUT2D eigenvalue weighted by molar-refractivity contribution is 9.10. The first-order valence-corrected chi connectivity index (χ1v) is 10.4. The molecule has 152 valence electrons. The van der Waals surface area contributed by atoms with E-state index in [1.165, 1.54) is 0 Å². The summed E-state index contributed by atoms with van der Waals surface area (Å²) in [5.41, 5.74) is 4.38. The Hall–Kier alpha value is -3.19. The number of aromatic nitrogens is 3. The lowest BCUT2D eigenvalue weighted by Gasteiger charge is -2.04. The first-order chi connectivity index (χ1) is 14.5. The molecule has 0 aliphatic rings. The van der Waals surface area contributed by atoms with E-state index in [1.807, 2.05) is 49.4 Å². The number of carbonyl (C=O) groups is 2. The zero-order valence-corrected chi connectivity index (χ0v) is 18.2. The van der Waals surface area contributed by atoms with E-state index < -0.39 is 5.97 Å². The molecule has 30 heavy (non-hydrogen) atoms. The number of nitrogens with zero attached hydrogens (tertiary/aromatic N) is 2. The molecule has 2 aromatic carbocycles. The number of hydrogen-bond acceptors (Lipinski definition) is 4. The molecule has 0 unspecified atom stereocenters. The van der Waals surface area contributed by atoms with Gasteiger partial charge in [0.05, 0.1) is 5.69 Å². The van der Waals surface area contributed by atoms with Crippen LogP contribution in [0.3, 0.4) is 0 Å². The maximum Gasteiger partial charge on any atom is 0.359 e. The summed E-state index contributed by atoms with van der Waals surface area (Å²) < 4.78 is 7.88. The minimum Gasteiger partial charge on any atom is -0.453 e. The summed E-state index contributed by atoms with van der Waals surface area (Å²) in [5, 5.41) is 5.17. The molecule has 0 aliphatic heterocycles. The molecule has 7 heteroatoms. The molecule has 0 spiro atoms. The van der Waals surface area contributed by atoms with Gasteiger partial charge in [-0.25, -0.2) is 9.48 Å². The Bertz CT molecular complexity index is 1240. The van der Waals surface area contributed by atoms with E-state index >= 15 is 0 Å². The van der Waals surface area contributed by atoms with Crippen LogP contribution in [0.15, 0.2) is 59.2 Å². The number of hydrogen-bond donors (Lipinski definition) is 1. The topological polar surface area (TPSA) is 77.0 Å². The van der Waals surface area contributed by atoms with Crippen molar-refractivity contribution >= 4 is 38.6 Å². The number of ketones is 1. The van der Waals surface area contributed by atoms with E-state index in [9.17, 15) is 9.59 Å². The number of Topliss-reactive ketones (excluding diaryl/α,β-unsaturated/α-hetero) is 1. The van der Waals surface area contributed by atoms with Crippen LogP contribution in [0.25, 0.3) is 16.6 Å². The van der Waals surface area contributed by atoms with Gasteiger partial charge in [0, 0.05) is 32.8 Å². The average Bonchev–Trinajstić information content (AvgIpc) is 3.36. The van der Waals surface area contributed by atoms with Crippen LogP contribution >= 0.6 is 15.9 Å². The fourth-order valence-corrected chi connectivity index (χ4v) is 3.71. The third-order valence-corrected chi connectivity index (χ3v) is 5.51. The van der Waals surface area contributed by atoms with Crippen molar-refractivity contribution in [3.8, 4) is 5.69 Å². The molecule has 0 saturated carbocycles. The minimum absolute atomic E-state index is 0.162. The monoisotopic (exact) mass is 465 g/mol. The van der Waals surface area contributed by atoms with Crippen LogP contribution in [0.5, 0.6) is 0 Å². The molecule has 0 atom stereocenters. The Morgan fingerprint density at radius 1 is 1.17 bits per heavy atom. The summed E-state index contributed by atoms with van der Waals surface area (Å²) in [5.74, 6) is -0.886. The molecular formula is C23H20BrN3O3. The van der Waals surface area contributed by atoms with E-state index in [0.29, 0.717) is 5.56 Å². The molecule has 0 radical (unpaired) electrons. The van der Waals surface area contributed by atoms with E-state index in [1.54, 1.807) is 16.9 Å². The second kappa shape index (κ2) is 8.28. The number of aromatic amines is 1. The number of rotatable bonds is 6. The van der Waals surface area contributed by atoms with Crippen molar-refractivity contribution in [2.75, 3.05) is 6.61 Å². The van der Waals surface area contributed by atoms with Crippen LogP contribution < -0.4 is 0 Å². The molecule has 6 nitrogen and oxygen atoms in total. The molecule has 4 rings (SSSR count). The molecule has 0 saturated heterocycles. The predicted molar refractivity (Wildman–Crippen MR) is 118 cm³/mol. The summed E-state index contributed by atoms with van der Waals surface area (Å²) in [7, 11) is 0. The van der Waals surface area contributed by atoms with E-state index in [2.05, 4.69) is 32.9 Å². The second-order valence-corrected chi connectivity index (χ2v) is 7.87. The standard InChI is InChI=1S/C23H20BrN3O3/c1-3-15-5-4-6-18-19(12-25-22(15)18)21(28)13-30-23(29)20-11-14(2)27(26-20)17-9-7-16(24)8-10-17/h4-12,25H,3,13H2,1-2H3. The van der Waals surface area contributed by atoms with Crippen molar-refractivity contribution in [3.05, 3.63) is 81.7 Å². The number of ether oxygens (including phenoxy) is 1. The highest BCUT2D eigenvalue weighted by Gasteiger charge is 2.19. The third-order valence-electron chi connectivity index (χ3n) is 4.99. The van der Waals surface area contributed by atoms with E-state index in [4.69, 9.17) is 4.74 Å². The van der Waals surface area contributed by atoms with Gasteiger partial charge in [-0.2, -0.15) is 5.10 Å². The molecule has 1 N–H and O–H groups in total. The predicted octanol–water partition coefficient (Wildman–Crippen LogP) is 5.03. The largest absolute Gasteiger partial charge is 0.453 e. The number of para-hydroxylation sites is 1. The van der Waals surface area contributed by atoms with Crippen LogP contribution in [0, 0.1) is 6.92 Å². The molecule has 0 amide bonds. The maximum absolute atomic E-state index is 12.7. The number of benzene rings is 2. The van der Waals surface area contributed by atoms with Crippen LogP contribution in [0.4, 0.5) is 0 Å². The van der Waals surface area contributed by atoms with Gasteiger partial charge < -0.3 is 9.72 Å². The summed E-state index contributed by atoms with van der Waals surface area (Å²) in [6, 6.07) is 15.1. The van der Waals surface area contributed by atoms with E-state index in [0.717, 1.165) is 38.7 Å². The van der Waals surface area contributed by atoms with E-state index in [-0.39, 0.29) is 18.1 Å². The van der Waals surface area contributed by atoms with Gasteiger partial charge in [0.25, 0.3) is 0 Å². The summed E-state index contributed by atoms with van der Waals surface area (Å²) in [4.78, 5) is 28.3. The third kappa shape index (κ3) is 3.80. The van der Waals surface area contributed by atoms with Crippen molar-refractivity contribution < 1.29 is 14.3 Å². The van der Waals surface area contributed by atoms with Gasteiger partial charge in [-0.1, -0.05) is 41.1 Å². The first-order valence-electron chi connectivity index (χ1n) is 9.60. The van der Waals surface area contributed by atoms with Crippen LogP contribution in [-0.4, -0.2) is 33.1 Å². The SMILES string of the molecule is CCc1cccc2c(C(=O)COC(=O)c3cc(C)n(-c4ccc(Br)cc4)n3)c[nH]c12. The Morgan fingerprint density at radius 2 is 1.93 bits per heavy atom. The summed E-state index contributed by atoms with van der Waals surface area (Å²) in [6.45, 7) is 3.58. The lowest BCUT2D eigenvalue weighted by Crippen LogP contribution is -2.14. The summed E-state index contributed by atoms with van der Waals surface area (Å²) >= 11 is 3.40. The Balaban J connectivity index is 1.48. The fourth-order valence-electron chi connectivity index (χ4n) is 3.44. The van der Waals surface area contributed by atoms with Gasteiger partial charge >= 0.3 is 5.97 Å². The number of carbonyl (C=O) groups excluding carboxylic acids is 2. The number of halogens is 1. The van der Waals surface area contributed by atoms with Gasteiger partial charge in [-0.3, -0.25) is 4.79 Å². The lowest BCUT2D eigenvalue weighted by atomic mass is 10.1. The highest BCUT2D eigenvalue weighted by Crippen LogP contribution is 2.23. The number of aryl methyl sites for hydroxylation is 2. The van der Waals surface area contributed by atoms with Crippen molar-refractivity contribution in [3.63, 3.8) is 0 Å². The zero-order valence-electron chi connectivity index (χ0n) is 16.6. The van der Waals surface area contributed by atoms with Crippen molar-refractivity contribution in [1.29, 1.82) is 0 Å². The summed E-state index contributed by atoms with van der Waals surface area (Å²) in [6.07, 6.45) is 2.53. The van der Waals surface area contributed by atoms with Gasteiger partial charge in [0.1, 0.15) is 0 Å². The molecule has 0 fully saturated rings. The van der Waals surface area contributed by atoms with Crippen LogP contribution in [-0.2, 0) is 11.2 Å². The zero-order chi connectivity index (χ0) is 21.3. The van der Waals surface area contributed by atoms with Crippen molar-refractivity contribution in [2.24, 2.45) is 0 Å². The lowest BCUT2D eigenvalue weighted by molar-refractivity contribution is 0.0469. The van der Waals surface area contributed by atoms with Gasteiger partial charge in [0.15, 0.2) is 12.3 Å². The number of H-pyrrole nitrogens is 1. The second-order valence-electron chi connectivity index (χ2n) is 6.95. The van der Waals surface area contributed by atoms with Crippen molar-refractivity contribution in [1.82, 2.24) is 14.8 Å². The molecule has 2 aromatic heterocycles. The normalized spacial score (nSPS) is 11.0. The molecule has 4 aromatic rings. The molecule has 0 bridgehead atoms. The van der Waals surface area contributed by atoms with Crippen molar-refractivity contribution in [2.45, 2.75) is 20.3 Å². The molecular weight excluding hydrogens is 446 g/mol. The minimum atomic E-state index is -0.628. The fraction of sp³-hybridized carbons (Fsp3) is 0.174. The van der Waals surface area contributed by atoms with Crippen LogP contribution in [0.1, 0.15) is 39.0 Å². The first kappa shape index (κ1) is 20.1. The Morgan fingerprint density at radius 3 is 2.67 bits per heavy atom. The average molecular weight is 466 g/mol. The van der Waals surface area contributed by atoms with Gasteiger partial charge in [0.2, 0.25) is 5.78 Å². The molecule has 2 heterocycles. The Kier molecular flexibility index (Phi) is 5.55. The van der Waals surface area contributed by atoms with Gasteiger partial charge in [-0.05, 0) is 49.2 Å².